The number of ether oxygens (including phenoxy) is 1. The number of hydrogen-bond donors (Lipinski definition) is 3. The van der Waals surface area contributed by atoms with Crippen LogP contribution in [0.1, 0.15) is 60.2 Å². The maximum absolute atomic E-state index is 14.9. The minimum absolute atomic E-state index is 0. The Bertz CT molecular complexity index is 602. The second-order valence-corrected chi connectivity index (χ2v) is 8.12. The molecular weight excluding hydrogens is 393 g/mol. The van der Waals surface area contributed by atoms with Gasteiger partial charge in [-0.15, -0.1) is 0 Å². The molecule has 1 aliphatic carbocycles. The third kappa shape index (κ3) is 7.03. The number of carbonyl (C=O) groups is 1. The molecule has 2 rings (SSSR count). The molecule has 0 bridgehead atoms. The van der Waals surface area contributed by atoms with Gasteiger partial charge in [-0.25, -0.2) is 8.78 Å². The summed E-state index contributed by atoms with van der Waals surface area (Å²) in [5.74, 6) is -1.87. The summed E-state index contributed by atoms with van der Waals surface area (Å²) < 4.78 is 35.1. The topological polar surface area (TPSA) is 87.0 Å². The third-order valence-corrected chi connectivity index (χ3v) is 5.78. The number of carboxylic acids is 1. The fourth-order valence-corrected chi connectivity index (χ4v) is 4.02. The van der Waals surface area contributed by atoms with E-state index in [0.717, 1.165) is 6.42 Å². The summed E-state index contributed by atoms with van der Waals surface area (Å²) in [6, 6.07) is 0. The zero-order valence-corrected chi connectivity index (χ0v) is 19.6. The van der Waals surface area contributed by atoms with E-state index in [1.807, 2.05) is 6.92 Å². The minimum Gasteiger partial charge on any atom is -1.00 e. The average molecular weight is 426 g/mol. The van der Waals surface area contributed by atoms with Crippen LogP contribution < -0.4 is 29.6 Å². The van der Waals surface area contributed by atoms with Gasteiger partial charge in [0.15, 0.2) is 6.17 Å². The summed E-state index contributed by atoms with van der Waals surface area (Å²) in [6.07, 6.45) is 3.20. The summed E-state index contributed by atoms with van der Waals surface area (Å²) in [6.45, 7) is 3.29. The van der Waals surface area contributed by atoms with Crippen LogP contribution in [0, 0.1) is 11.8 Å². The molecule has 1 aliphatic heterocycles. The van der Waals surface area contributed by atoms with Gasteiger partial charge in [0.25, 0.3) is 0 Å². The molecule has 1 saturated heterocycles. The van der Waals surface area contributed by atoms with Crippen molar-refractivity contribution in [2.24, 2.45) is 11.8 Å². The molecule has 7 atom stereocenters. The molecule has 0 aromatic rings. The van der Waals surface area contributed by atoms with Crippen molar-refractivity contribution in [1.29, 1.82) is 0 Å². The van der Waals surface area contributed by atoms with E-state index in [1.165, 1.54) is 19.1 Å². The van der Waals surface area contributed by atoms with E-state index in [0.29, 0.717) is 19.3 Å². The van der Waals surface area contributed by atoms with Crippen LogP contribution in [-0.4, -0.2) is 51.4 Å². The van der Waals surface area contributed by atoms with E-state index < -0.39 is 48.0 Å². The molecule has 5 nitrogen and oxygen atoms in total. The van der Waals surface area contributed by atoms with Gasteiger partial charge in [0, 0.05) is 24.7 Å². The standard InChI is InChI=1S/C21H32F2O5.Na.H/c1-3-4-11-21(2,23)17(25)10-9-13-14(24)12-16-19(13)20(22)15(28-16)7-5-6-8-18(26)27;;/h7,9-10,13-14,16-17,19-20,24-25H,3-6,8,11-12H2,1-2H3,(H,26,27);;/q;+1;-1/b10-9+,15-7-;;/t13-,14+,16-,17+,19+,20?,21?;;/m0../s1. The van der Waals surface area contributed by atoms with E-state index in [-0.39, 0.29) is 56.0 Å². The molecule has 29 heavy (non-hydrogen) atoms. The monoisotopic (exact) mass is 426 g/mol. The van der Waals surface area contributed by atoms with Crippen LogP contribution in [0.25, 0.3) is 0 Å². The molecular formula is C21H33F2NaO5. The minimum atomic E-state index is -1.77. The normalized spacial score (nSPS) is 33.2. The maximum Gasteiger partial charge on any atom is 1.00 e. The molecule has 0 amide bonds. The summed E-state index contributed by atoms with van der Waals surface area (Å²) in [4.78, 5) is 10.5. The van der Waals surface area contributed by atoms with Crippen molar-refractivity contribution in [3.05, 3.63) is 24.0 Å². The van der Waals surface area contributed by atoms with E-state index in [2.05, 4.69) is 0 Å². The van der Waals surface area contributed by atoms with E-state index in [9.17, 15) is 23.8 Å². The zero-order valence-electron chi connectivity index (χ0n) is 18.6. The summed E-state index contributed by atoms with van der Waals surface area (Å²) >= 11 is 0. The molecule has 1 saturated carbocycles. The van der Waals surface area contributed by atoms with Crippen molar-refractivity contribution in [2.45, 2.75) is 88.9 Å². The van der Waals surface area contributed by atoms with Crippen molar-refractivity contribution in [2.75, 3.05) is 0 Å². The van der Waals surface area contributed by atoms with Crippen molar-refractivity contribution in [3.63, 3.8) is 0 Å². The molecule has 0 aromatic carbocycles. The Labute approximate surface area is 195 Å². The van der Waals surface area contributed by atoms with Crippen molar-refractivity contribution in [3.8, 4) is 0 Å². The van der Waals surface area contributed by atoms with E-state index in [4.69, 9.17) is 9.84 Å². The van der Waals surface area contributed by atoms with Crippen LogP contribution in [-0.2, 0) is 9.53 Å². The van der Waals surface area contributed by atoms with Gasteiger partial charge in [-0.2, -0.15) is 0 Å². The number of aliphatic hydroxyl groups excluding tert-OH is 2. The molecule has 2 aliphatic rings. The number of carboxylic acid groups (broad SMARTS) is 1. The van der Waals surface area contributed by atoms with Crippen LogP contribution in [0.4, 0.5) is 8.78 Å². The zero-order chi connectivity index (χ0) is 20.9. The first kappa shape index (κ1) is 26.6. The van der Waals surface area contributed by atoms with Crippen LogP contribution >= 0.6 is 0 Å². The fraction of sp³-hybridized carbons (Fsp3) is 0.762. The van der Waals surface area contributed by atoms with Gasteiger partial charge in [0.1, 0.15) is 23.6 Å². The van der Waals surface area contributed by atoms with Gasteiger partial charge in [0.05, 0.1) is 6.10 Å². The first-order valence-electron chi connectivity index (χ1n) is 10.1. The van der Waals surface area contributed by atoms with Gasteiger partial charge < -0.3 is 21.5 Å². The largest absolute Gasteiger partial charge is 1.00 e. The van der Waals surface area contributed by atoms with Crippen LogP contribution in [0.2, 0.25) is 0 Å². The second-order valence-electron chi connectivity index (χ2n) is 8.12. The Balaban J connectivity index is 0.00000420. The van der Waals surface area contributed by atoms with Gasteiger partial charge in [-0.1, -0.05) is 31.9 Å². The predicted octanol–water partition coefficient (Wildman–Crippen LogP) is 0.811. The summed E-state index contributed by atoms with van der Waals surface area (Å²) in [5, 5.41) is 29.1. The molecule has 3 N–H and O–H groups in total. The number of aliphatic hydroxyl groups is 2. The molecule has 8 heteroatoms. The van der Waals surface area contributed by atoms with Crippen molar-refractivity contribution >= 4 is 5.97 Å². The molecule has 162 valence electrons. The molecule has 2 fully saturated rings. The maximum atomic E-state index is 14.9. The Morgan fingerprint density at radius 3 is 2.76 bits per heavy atom. The Kier molecular flexibility index (Phi) is 10.8. The SMILES string of the molecule is CCCCC(C)(F)[C@H](O)/C=C/[C@@H]1[C@H]2C(F)/C(=C/CCCC(=O)O)O[C@H]2C[C@H]1O.[H-].[Na+]. The number of allylic oxidation sites excluding steroid dienone is 2. The quantitative estimate of drug-likeness (QED) is 0.274. The van der Waals surface area contributed by atoms with E-state index in [1.54, 1.807) is 6.08 Å². The van der Waals surface area contributed by atoms with E-state index >= 15 is 0 Å². The number of aliphatic carboxylic acids is 1. The van der Waals surface area contributed by atoms with Crippen molar-refractivity contribution in [1.82, 2.24) is 0 Å². The second kappa shape index (κ2) is 11.8. The summed E-state index contributed by atoms with van der Waals surface area (Å²) in [5.41, 5.74) is -1.77. The molecule has 0 aromatic heterocycles. The number of alkyl halides is 2. The average Bonchev–Trinajstić information content (AvgIpc) is 3.09. The smallest absolute Gasteiger partial charge is 1.00 e. The number of rotatable bonds is 10. The number of fused-ring (bicyclic) bond motifs is 1. The Morgan fingerprint density at radius 2 is 2.14 bits per heavy atom. The van der Waals surface area contributed by atoms with Gasteiger partial charge in [0.2, 0.25) is 0 Å². The number of halogens is 2. The first-order valence-corrected chi connectivity index (χ1v) is 10.1. The van der Waals surface area contributed by atoms with Gasteiger partial charge in [-0.3, -0.25) is 4.79 Å². The number of hydrogen-bond acceptors (Lipinski definition) is 4. The predicted molar refractivity (Wildman–Crippen MR) is 102 cm³/mol. The molecule has 1 heterocycles. The van der Waals surface area contributed by atoms with Gasteiger partial charge in [-0.05, 0) is 32.3 Å². The third-order valence-electron chi connectivity index (χ3n) is 5.78. The molecule has 0 spiro atoms. The fourth-order valence-electron chi connectivity index (χ4n) is 4.02. The first-order chi connectivity index (χ1) is 13.2. The van der Waals surface area contributed by atoms with Crippen molar-refractivity contribution < 1.29 is 64.6 Å². The number of unbranched alkanes of at least 4 members (excludes halogenated alkanes) is 2. The summed E-state index contributed by atoms with van der Waals surface area (Å²) in [7, 11) is 0. The molecule has 2 unspecified atom stereocenters. The van der Waals surface area contributed by atoms with Crippen LogP contribution in [0.5, 0.6) is 0 Å². The van der Waals surface area contributed by atoms with Crippen LogP contribution in [0.15, 0.2) is 24.0 Å². The van der Waals surface area contributed by atoms with Crippen LogP contribution in [0.3, 0.4) is 0 Å². The molecule has 0 radical (unpaired) electrons. The Morgan fingerprint density at radius 1 is 1.45 bits per heavy atom. The Hall–Kier alpha value is -0.470. The van der Waals surface area contributed by atoms with Gasteiger partial charge >= 0.3 is 35.5 Å².